The third-order valence-corrected chi connectivity index (χ3v) is 2.96. The van der Waals surface area contributed by atoms with E-state index in [9.17, 15) is 9.18 Å². The number of aliphatic hydroxyl groups is 1. The summed E-state index contributed by atoms with van der Waals surface area (Å²) in [7, 11) is 1.65. The van der Waals surface area contributed by atoms with E-state index in [2.05, 4.69) is 10.3 Å². The first-order valence-corrected chi connectivity index (χ1v) is 6.86. The van der Waals surface area contributed by atoms with Crippen molar-refractivity contribution >= 4 is 11.7 Å². The normalized spacial score (nSPS) is 10.4. The molecule has 0 atom stereocenters. The second kappa shape index (κ2) is 8.47. The second-order valence-electron chi connectivity index (χ2n) is 4.56. The van der Waals surface area contributed by atoms with E-state index in [0.717, 1.165) is 19.3 Å². The van der Waals surface area contributed by atoms with E-state index in [1.807, 2.05) is 6.92 Å². The Morgan fingerprint density at radius 2 is 2.20 bits per heavy atom. The predicted molar refractivity (Wildman–Crippen MR) is 76.3 cm³/mol. The van der Waals surface area contributed by atoms with E-state index < -0.39 is 5.82 Å². The molecule has 1 aromatic rings. The highest BCUT2D eigenvalue weighted by Gasteiger charge is 2.18. The number of nitrogens with zero attached hydrogens (tertiary/aromatic N) is 2. The predicted octanol–water partition coefficient (Wildman–Crippen LogP) is 1.89. The Bertz CT molecular complexity index is 440. The summed E-state index contributed by atoms with van der Waals surface area (Å²) in [6.07, 6.45) is 3.77. The van der Waals surface area contributed by atoms with Crippen molar-refractivity contribution in [3.63, 3.8) is 0 Å². The van der Waals surface area contributed by atoms with Crippen LogP contribution in [-0.4, -0.2) is 47.6 Å². The van der Waals surface area contributed by atoms with Crippen molar-refractivity contribution in [2.45, 2.75) is 26.2 Å². The van der Waals surface area contributed by atoms with Gasteiger partial charge in [0.1, 0.15) is 0 Å². The zero-order valence-corrected chi connectivity index (χ0v) is 12.0. The second-order valence-corrected chi connectivity index (χ2v) is 4.56. The molecular formula is C14H22FN3O2. The Kier molecular flexibility index (Phi) is 6.93. The monoisotopic (exact) mass is 283 g/mol. The highest BCUT2D eigenvalue weighted by atomic mass is 19.1. The molecule has 0 aliphatic heterocycles. The van der Waals surface area contributed by atoms with Crippen LogP contribution in [0.3, 0.4) is 0 Å². The van der Waals surface area contributed by atoms with Gasteiger partial charge < -0.3 is 15.3 Å². The Labute approximate surface area is 118 Å². The number of aromatic nitrogens is 1. The quantitative estimate of drug-likeness (QED) is 0.715. The number of aliphatic hydroxyl groups excluding tert-OH is 1. The van der Waals surface area contributed by atoms with Gasteiger partial charge in [0.15, 0.2) is 11.6 Å². The molecule has 0 bridgehead atoms. The van der Waals surface area contributed by atoms with E-state index in [1.165, 1.54) is 17.2 Å². The number of nitrogens with one attached hydrogen (secondary N) is 1. The molecular weight excluding hydrogens is 261 g/mol. The van der Waals surface area contributed by atoms with E-state index in [0.29, 0.717) is 13.1 Å². The van der Waals surface area contributed by atoms with Crippen molar-refractivity contribution in [2.75, 3.05) is 32.1 Å². The minimum atomic E-state index is -0.610. The van der Waals surface area contributed by atoms with Crippen LogP contribution in [0.5, 0.6) is 0 Å². The maximum absolute atomic E-state index is 14.1. The molecule has 1 amide bonds. The summed E-state index contributed by atoms with van der Waals surface area (Å²) >= 11 is 0. The van der Waals surface area contributed by atoms with Gasteiger partial charge in [0.05, 0.1) is 5.56 Å². The molecule has 0 aromatic carbocycles. The Balaban J connectivity index is 2.68. The summed E-state index contributed by atoms with van der Waals surface area (Å²) in [6.45, 7) is 3.07. The van der Waals surface area contributed by atoms with Crippen LogP contribution in [0.15, 0.2) is 12.3 Å². The van der Waals surface area contributed by atoms with Gasteiger partial charge in [-0.05, 0) is 32.3 Å². The molecule has 1 heterocycles. The smallest absolute Gasteiger partial charge is 0.256 e. The van der Waals surface area contributed by atoms with Crippen LogP contribution >= 0.6 is 0 Å². The van der Waals surface area contributed by atoms with Gasteiger partial charge in [-0.15, -0.1) is 0 Å². The van der Waals surface area contributed by atoms with Gasteiger partial charge in [0, 0.05) is 32.9 Å². The Hall–Kier alpha value is -1.69. The summed E-state index contributed by atoms with van der Waals surface area (Å²) in [5.74, 6) is -0.860. The number of hydrogen-bond donors (Lipinski definition) is 2. The van der Waals surface area contributed by atoms with Gasteiger partial charge in [-0.3, -0.25) is 4.79 Å². The van der Waals surface area contributed by atoms with Gasteiger partial charge in [-0.1, -0.05) is 0 Å². The zero-order valence-electron chi connectivity index (χ0n) is 12.0. The van der Waals surface area contributed by atoms with Crippen LogP contribution in [0.4, 0.5) is 10.2 Å². The molecule has 6 heteroatoms. The first-order valence-electron chi connectivity index (χ1n) is 6.86. The molecule has 112 valence electrons. The van der Waals surface area contributed by atoms with Crippen molar-refractivity contribution in [2.24, 2.45) is 0 Å². The van der Waals surface area contributed by atoms with Gasteiger partial charge in [0.25, 0.3) is 5.91 Å². The van der Waals surface area contributed by atoms with E-state index in [4.69, 9.17) is 5.11 Å². The van der Waals surface area contributed by atoms with Crippen molar-refractivity contribution < 1.29 is 14.3 Å². The standard InChI is InChI=1S/C14H22FN3O2/c1-3-16-13-12(15)11(7-8-17-13)14(20)18(2)9-5-4-6-10-19/h7-8,19H,3-6,9-10H2,1-2H3,(H,16,17). The van der Waals surface area contributed by atoms with Gasteiger partial charge in [-0.25, -0.2) is 9.37 Å². The largest absolute Gasteiger partial charge is 0.396 e. The SMILES string of the molecule is CCNc1nccc(C(=O)N(C)CCCCCO)c1F. The summed E-state index contributed by atoms with van der Waals surface area (Å²) in [5, 5.41) is 11.5. The molecule has 0 unspecified atom stereocenters. The van der Waals surface area contributed by atoms with Crippen LogP contribution < -0.4 is 5.32 Å². The van der Waals surface area contributed by atoms with Crippen LogP contribution in [-0.2, 0) is 0 Å². The number of unbranched alkanes of at least 4 members (excludes halogenated alkanes) is 2. The molecule has 1 rings (SSSR count). The zero-order chi connectivity index (χ0) is 15.0. The molecule has 5 nitrogen and oxygen atoms in total. The summed E-state index contributed by atoms with van der Waals surface area (Å²) in [5.41, 5.74) is 0.0283. The molecule has 0 fully saturated rings. The van der Waals surface area contributed by atoms with Crippen LogP contribution in [0.25, 0.3) is 0 Å². The van der Waals surface area contributed by atoms with E-state index >= 15 is 0 Å². The number of anilines is 1. The lowest BCUT2D eigenvalue weighted by Gasteiger charge is -2.18. The molecule has 0 radical (unpaired) electrons. The van der Waals surface area contributed by atoms with Gasteiger partial charge >= 0.3 is 0 Å². The Morgan fingerprint density at radius 3 is 2.85 bits per heavy atom. The lowest BCUT2D eigenvalue weighted by atomic mass is 10.2. The maximum Gasteiger partial charge on any atom is 0.256 e. The lowest BCUT2D eigenvalue weighted by molar-refractivity contribution is 0.0787. The number of carbonyl (C=O) groups excluding carboxylic acids is 1. The number of halogens is 1. The first-order chi connectivity index (χ1) is 9.61. The summed E-state index contributed by atoms with van der Waals surface area (Å²) in [6, 6.07) is 1.39. The van der Waals surface area contributed by atoms with E-state index in [1.54, 1.807) is 7.05 Å². The first kappa shape index (κ1) is 16.4. The summed E-state index contributed by atoms with van der Waals surface area (Å²) in [4.78, 5) is 17.5. The Morgan fingerprint density at radius 1 is 1.45 bits per heavy atom. The van der Waals surface area contributed by atoms with Crippen molar-refractivity contribution in [3.05, 3.63) is 23.6 Å². The maximum atomic E-state index is 14.1. The molecule has 0 aliphatic rings. The minimum absolute atomic E-state index is 0.0283. The average molecular weight is 283 g/mol. The number of rotatable bonds is 8. The fourth-order valence-corrected chi connectivity index (χ4v) is 1.84. The fraction of sp³-hybridized carbons (Fsp3) is 0.571. The van der Waals surface area contributed by atoms with Gasteiger partial charge in [0.2, 0.25) is 0 Å². The number of carbonyl (C=O) groups is 1. The molecule has 0 saturated carbocycles. The highest BCUT2D eigenvalue weighted by Crippen LogP contribution is 2.16. The molecule has 2 N–H and O–H groups in total. The van der Waals surface area contributed by atoms with Gasteiger partial charge in [-0.2, -0.15) is 0 Å². The molecule has 0 spiro atoms. The third-order valence-electron chi connectivity index (χ3n) is 2.96. The molecule has 0 saturated heterocycles. The van der Waals surface area contributed by atoms with Crippen LogP contribution in [0, 0.1) is 5.82 Å². The third kappa shape index (κ3) is 4.45. The minimum Gasteiger partial charge on any atom is -0.396 e. The molecule has 0 aliphatic carbocycles. The topological polar surface area (TPSA) is 65.5 Å². The lowest BCUT2D eigenvalue weighted by Crippen LogP contribution is -2.29. The van der Waals surface area contributed by atoms with Crippen LogP contribution in [0.2, 0.25) is 0 Å². The van der Waals surface area contributed by atoms with Crippen molar-refractivity contribution in [1.82, 2.24) is 9.88 Å². The molecule has 1 aromatic heterocycles. The van der Waals surface area contributed by atoms with Crippen molar-refractivity contribution in [1.29, 1.82) is 0 Å². The number of hydrogen-bond acceptors (Lipinski definition) is 4. The van der Waals surface area contributed by atoms with Crippen LogP contribution in [0.1, 0.15) is 36.5 Å². The number of amides is 1. The average Bonchev–Trinajstić information content (AvgIpc) is 2.45. The fourth-order valence-electron chi connectivity index (χ4n) is 1.84. The van der Waals surface area contributed by atoms with E-state index in [-0.39, 0.29) is 23.9 Å². The van der Waals surface area contributed by atoms with Crippen molar-refractivity contribution in [3.8, 4) is 0 Å². The number of pyridine rings is 1. The highest BCUT2D eigenvalue weighted by molar-refractivity contribution is 5.95. The summed E-state index contributed by atoms with van der Waals surface area (Å²) < 4.78 is 14.1. The molecule has 20 heavy (non-hydrogen) atoms.